The predicted octanol–water partition coefficient (Wildman–Crippen LogP) is 4.52. The number of fused-ring (bicyclic) bond motifs is 2. The number of rotatable bonds is 13. The van der Waals surface area contributed by atoms with Crippen molar-refractivity contribution in [3.05, 3.63) is 59.7 Å². The number of nitrogens with zero attached hydrogens (tertiary/aromatic N) is 2. The molecule has 16 heteroatoms. The molecule has 2 aromatic rings. The molecule has 0 unspecified atom stereocenters. The number of para-hydroxylation sites is 2. The van der Waals surface area contributed by atoms with Gasteiger partial charge in [-0.05, 0) is 112 Å². The van der Waals surface area contributed by atoms with Crippen LogP contribution in [-0.4, -0.2) is 117 Å². The Morgan fingerprint density at radius 3 is 1.55 bits per heavy atom. The summed E-state index contributed by atoms with van der Waals surface area (Å²) >= 11 is 8.99. The molecule has 0 spiro atoms. The number of thiocarbonyl (C=S) groups is 1. The maximum Gasteiger partial charge on any atom is 0.247 e. The van der Waals surface area contributed by atoms with Crippen molar-refractivity contribution in [1.29, 1.82) is 0 Å². The standard InChI is InChI=1S/C44H62N8O5S3/c1-25(45-7)37(53)49-31-19-21-59-33-23-43(3,4)35(51(33)41(31)56)38(54)47-29-15-11-9-13-27(29)17-18-28-14-10-12-16-30(28)48-39(55)36-44(5,6)24-34-52(36)42(57)32(20-22-60-34)50-40(58)26(2)46-8/h9-16,25-26,31-36,45-46H,17-24H2,1-8H3,(H,47,54)(H,48,55)(H,49,53)(H,50,58)/t25-,26-,31-,32-,33-,34-,35+,36+/m0/s1. The summed E-state index contributed by atoms with van der Waals surface area (Å²) in [5, 5.41) is 18.4. The molecule has 13 nitrogen and oxygen atoms in total. The lowest BCUT2D eigenvalue weighted by Crippen LogP contribution is -2.57. The van der Waals surface area contributed by atoms with Gasteiger partial charge < -0.3 is 41.7 Å². The van der Waals surface area contributed by atoms with E-state index in [9.17, 15) is 24.0 Å². The van der Waals surface area contributed by atoms with Crippen LogP contribution in [0.5, 0.6) is 0 Å². The second-order valence-corrected chi connectivity index (χ2v) is 20.9. The number of hydrogen-bond acceptors (Lipinski definition) is 10. The van der Waals surface area contributed by atoms with Crippen molar-refractivity contribution >= 4 is 81.6 Å². The highest BCUT2D eigenvalue weighted by molar-refractivity contribution is 8.00. The second-order valence-electron chi connectivity index (χ2n) is 17.8. The molecule has 0 radical (unpaired) electrons. The molecule has 4 aliphatic rings. The molecule has 0 bridgehead atoms. The Hall–Kier alpha value is -3.70. The highest BCUT2D eigenvalue weighted by Crippen LogP contribution is 2.48. The molecule has 4 fully saturated rings. The van der Waals surface area contributed by atoms with Crippen molar-refractivity contribution in [2.75, 3.05) is 36.2 Å². The van der Waals surface area contributed by atoms with Crippen LogP contribution in [0.3, 0.4) is 0 Å². The van der Waals surface area contributed by atoms with Crippen molar-refractivity contribution in [2.45, 2.75) is 127 Å². The number of likely N-dealkylation sites (N-methyl/N-ethyl adjacent to an activating group) is 2. The van der Waals surface area contributed by atoms with Crippen LogP contribution < -0.4 is 31.9 Å². The van der Waals surface area contributed by atoms with Gasteiger partial charge >= 0.3 is 0 Å². The van der Waals surface area contributed by atoms with Crippen molar-refractivity contribution in [2.24, 2.45) is 10.8 Å². The zero-order chi connectivity index (χ0) is 43.5. The summed E-state index contributed by atoms with van der Waals surface area (Å²) in [5.74, 6) is 0.408. The molecule has 0 saturated carbocycles. The number of amides is 5. The maximum atomic E-state index is 14.4. The van der Waals surface area contributed by atoms with E-state index < -0.39 is 41.0 Å². The van der Waals surface area contributed by atoms with Crippen molar-refractivity contribution in [3.63, 3.8) is 0 Å². The summed E-state index contributed by atoms with van der Waals surface area (Å²) in [4.78, 5) is 74.0. The average molecular weight is 879 g/mol. The number of carbonyl (C=O) groups excluding carboxylic acids is 5. The van der Waals surface area contributed by atoms with Gasteiger partial charge in [-0.2, -0.15) is 0 Å². The van der Waals surface area contributed by atoms with Crippen LogP contribution in [0, 0.1) is 10.8 Å². The Morgan fingerprint density at radius 1 is 0.700 bits per heavy atom. The van der Waals surface area contributed by atoms with E-state index in [4.69, 9.17) is 12.2 Å². The van der Waals surface area contributed by atoms with Crippen LogP contribution in [0.25, 0.3) is 0 Å². The molecule has 60 heavy (non-hydrogen) atoms. The van der Waals surface area contributed by atoms with Gasteiger partial charge in [0.2, 0.25) is 29.5 Å². The lowest BCUT2D eigenvalue weighted by molar-refractivity contribution is -0.142. The highest BCUT2D eigenvalue weighted by atomic mass is 32.2. The number of thioether (sulfide) groups is 2. The van der Waals surface area contributed by atoms with E-state index in [1.165, 1.54) is 0 Å². The summed E-state index contributed by atoms with van der Waals surface area (Å²) in [6.45, 7) is 11.9. The minimum Gasteiger partial charge on any atom is -0.367 e. The van der Waals surface area contributed by atoms with Gasteiger partial charge in [-0.1, -0.05) is 76.3 Å². The molecule has 0 aromatic heterocycles. The van der Waals surface area contributed by atoms with Gasteiger partial charge in [0.15, 0.2) is 0 Å². The number of carbonyl (C=O) groups is 5. The van der Waals surface area contributed by atoms with E-state index in [0.717, 1.165) is 16.9 Å². The summed E-state index contributed by atoms with van der Waals surface area (Å²) < 4.78 is 0. The minimum absolute atomic E-state index is 0.0909. The second kappa shape index (κ2) is 19.1. The van der Waals surface area contributed by atoms with Crippen LogP contribution in [0.15, 0.2) is 48.5 Å². The molecule has 6 rings (SSSR count). The SMILES string of the molecule is CN[C@@H](C)C(=O)N[C@H]1CCS[C@H]2CC(C)(C)[C@@H](C(=O)Nc3ccccc3CCc3ccccc3NC(=O)[C@H]3N4C(=O)[C@@H](NC(=S)[C@H](C)NC)CCS[C@H]4CC3(C)C)N2C1=O. The Bertz CT molecular complexity index is 1830. The van der Waals surface area contributed by atoms with Gasteiger partial charge in [-0.3, -0.25) is 24.0 Å². The van der Waals surface area contributed by atoms with E-state index in [2.05, 4.69) is 45.7 Å². The molecular weight excluding hydrogens is 817 g/mol. The lowest BCUT2D eigenvalue weighted by Gasteiger charge is -2.34. The van der Waals surface area contributed by atoms with Gasteiger partial charge in [0.05, 0.1) is 27.8 Å². The average Bonchev–Trinajstić information content (AvgIpc) is 3.53. The van der Waals surface area contributed by atoms with Crippen LogP contribution in [0.1, 0.15) is 78.4 Å². The summed E-state index contributed by atoms with van der Waals surface area (Å²) in [6.07, 6.45) is 3.60. The Morgan fingerprint density at radius 2 is 1.12 bits per heavy atom. The third-order valence-electron chi connectivity index (χ3n) is 12.6. The van der Waals surface area contributed by atoms with Crippen LogP contribution in [-0.2, 0) is 36.8 Å². The number of nitrogens with one attached hydrogen (secondary N) is 6. The first-order chi connectivity index (χ1) is 28.5. The monoisotopic (exact) mass is 878 g/mol. The Kier molecular flexibility index (Phi) is 14.6. The third-order valence-corrected chi connectivity index (χ3v) is 15.6. The first-order valence-electron chi connectivity index (χ1n) is 21.1. The molecule has 8 atom stereocenters. The van der Waals surface area contributed by atoms with Gasteiger partial charge in [-0.25, -0.2) is 0 Å². The van der Waals surface area contributed by atoms with Crippen molar-refractivity contribution in [3.8, 4) is 0 Å². The van der Waals surface area contributed by atoms with Crippen molar-refractivity contribution in [1.82, 2.24) is 31.1 Å². The predicted molar refractivity (Wildman–Crippen MR) is 246 cm³/mol. The van der Waals surface area contributed by atoms with E-state index in [1.54, 1.807) is 47.3 Å². The molecule has 2 aromatic carbocycles. The molecule has 5 amide bonds. The Balaban J connectivity index is 1.16. The summed E-state index contributed by atoms with van der Waals surface area (Å²) in [5.41, 5.74) is 2.21. The fraction of sp³-hybridized carbons (Fsp3) is 0.591. The van der Waals surface area contributed by atoms with Gasteiger partial charge in [0, 0.05) is 11.4 Å². The topological polar surface area (TPSA) is 164 Å². The first-order valence-corrected chi connectivity index (χ1v) is 23.6. The smallest absolute Gasteiger partial charge is 0.247 e. The molecule has 4 saturated heterocycles. The third kappa shape index (κ3) is 9.83. The fourth-order valence-electron chi connectivity index (χ4n) is 8.95. The van der Waals surface area contributed by atoms with Crippen LogP contribution >= 0.6 is 35.7 Å². The van der Waals surface area contributed by atoms with Crippen LogP contribution in [0.4, 0.5) is 11.4 Å². The zero-order valence-electron chi connectivity index (χ0n) is 36.1. The van der Waals surface area contributed by atoms with Crippen molar-refractivity contribution < 1.29 is 24.0 Å². The van der Waals surface area contributed by atoms with E-state index in [0.29, 0.717) is 60.6 Å². The normalized spacial score (nSPS) is 26.8. The van der Waals surface area contributed by atoms with Gasteiger partial charge in [0.25, 0.3) is 0 Å². The molecule has 0 aliphatic carbocycles. The molecule has 4 heterocycles. The number of aryl methyl sites for hydroxylation is 2. The maximum absolute atomic E-state index is 14.4. The zero-order valence-corrected chi connectivity index (χ0v) is 38.5. The van der Waals surface area contributed by atoms with Gasteiger partial charge in [-0.15, -0.1) is 23.5 Å². The number of anilines is 2. The minimum atomic E-state index is -0.737. The number of hydrogen-bond donors (Lipinski definition) is 6. The molecular formula is C44H62N8O5S3. The lowest BCUT2D eigenvalue weighted by atomic mass is 9.84. The quantitative estimate of drug-likeness (QED) is 0.157. The van der Waals surface area contributed by atoms with E-state index in [-0.39, 0.29) is 46.3 Å². The fourth-order valence-corrected chi connectivity index (χ4v) is 12.4. The van der Waals surface area contributed by atoms with Crippen LogP contribution in [0.2, 0.25) is 0 Å². The molecule has 6 N–H and O–H groups in total. The summed E-state index contributed by atoms with van der Waals surface area (Å²) in [6, 6.07) is 12.2. The summed E-state index contributed by atoms with van der Waals surface area (Å²) in [7, 11) is 3.53. The first kappa shape index (κ1) is 45.8. The van der Waals surface area contributed by atoms with E-state index in [1.807, 2.05) is 76.3 Å². The van der Waals surface area contributed by atoms with Gasteiger partial charge in [0.1, 0.15) is 24.2 Å². The highest BCUT2D eigenvalue weighted by Gasteiger charge is 2.56. The number of benzene rings is 2. The molecule has 4 aliphatic heterocycles. The van der Waals surface area contributed by atoms with E-state index >= 15 is 0 Å². The Labute approximate surface area is 368 Å². The molecule has 326 valence electrons. The largest absolute Gasteiger partial charge is 0.367 e.